The van der Waals surface area contributed by atoms with E-state index in [0.29, 0.717) is 17.0 Å². The normalized spacial score (nSPS) is 11.8. The molecule has 1 atom stereocenters. The van der Waals surface area contributed by atoms with Gasteiger partial charge in [-0.3, -0.25) is 4.79 Å². The number of carbonyl (C=O) groups excluding carboxylic acids is 1. The SMILES string of the molecule is N#CC(C(=O)CCc1ccco1)c1ccccc1Cl. The van der Waals surface area contributed by atoms with Gasteiger partial charge < -0.3 is 4.42 Å². The van der Waals surface area contributed by atoms with Crippen LogP contribution in [0.2, 0.25) is 5.02 Å². The van der Waals surface area contributed by atoms with Crippen LogP contribution in [0, 0.1) is 11.3 Å². The number of benzene rings is 1. The van der Waals surface area contributed by atoms with Gasteiger partial charge in [-0.25, -0.2) is 0 Å². The quantitative estimate of drug-likeness (QED) is 0.834. The molecule has 2 aromatic rings. The highest BCUT2D eigenvalue weighted by Gasteiger charge is 2.22. The number of hydrogen-bond donors (Lipinski definition) is 0. The molecule has 0 bridgehead atoms. The predicted octanol–water partition coefficient (Wildman–Crippen LogP) is 3.74. The zero-order valence-electron chi connectivity index (χ0n) is 10.2. The highest BCUT2D eigenvalue weighted by molar-refractivity contribution is 6.31. The fourth-order valence-corrected chi connectivity index (χ4v) is 2.11. The van der Waals surface area contributed by atoms with E-state index in [-0.39, 0.29) is 12.2 Å². The van der Waals surface area contributed by atoms with Crippen LogP contribution < -0.4 is 0 Å². The maximum absolute atomic E-state index is 12.1. The molecule has 1 unspecified atom stereocenters. The number of hydrogen-bond acceptors (Lipinski definition) is 3. The molecule has 0 saturated carbocycles. The molecule has 0 aliphatic rings. The average Bonchev–Trinajstić information content (AvgIpc) is 2.92. The summed E-state index contributed by atoms with van der Waals surface area (Å²) in [7, 11) is 0. The molecule has 1 heterocycles. The molecule has 1 aromatic carbocycles. The molecule has 96 valence electrons. The largest absolute Gasteiger partial charge is 0.469 e. The summed E-state index contributed by atoms with van der Waals surface area (Å²) in [5.41, 5.74) is 0.566. The van der Waals surface area contributed by atoms with Gasteiger partial charge in [0.05, 0.1) is 12.3 Å². The summed E-state index contributed by atoms with van der Waals surface area (Å²) >= 11 is 6.02. The topological polar surface area (TPSA) is 54.0 Å². The van der Waals surface area contributed by atoms with Crippen LogP contribution in [-0.4, -0.2) is 5.78 Å². The summed E-state index contributed by atoms with van der Waals surface area (Å²) in [5.74, 6) is -0.222. The Morgan fingerprint density at radius 3 is 2.74 bits per heavy atom. The Bertz CT molecular complexity index is 599. The minimum absolute atomic E-state index is 0.146. The highest BCUT2D eigenvalue weighted by Crippen LogP contribution is 2.26. The number of halogens is 1. The van der Waals surface area contributed by atoms with Crippen LogP contribution >= 0.6 is 11.6 Å². The van der Waals surface area contributed by atoms with E-state index < -0.39 is 5.92 Å². The molecule has 0 saturated heterocycles. The number of furan rings is 1. The van der Waals surface area contributed by atoms with Gasteiger partial charge in [-0.1, -0.05) is 29.8 Å². The minimum Gasteiger partial charge on any atom is -0.469 e. The van der Waals surface area contributed by atoms with E-state index in [0.717, 1.165) is 5.76 Å². The third-order valence-corrected chi connectivity index (χ3v) is 3.21. The summed E-state index contributed by atoms with van der Waals surface area (Å²) < 4.78 is 5.17. The van der Waals surface area contributed by atoms with E-state index in [1.807, 2.05) is 12.1 Å². The first-order chi connectivity index (χ1) is 9.22. The van der Waals surface area contributed by atoms with Gasteiger partial charge in [0.1, 0.15) is 11.7 Å². The molecule has 1 aromatic heterocycles. The highest BCUT2D eigenvalue weighted by atomic mass is 35.5. The molecule has 0 aliphatic carbocycles. The van der Waals surface area contributed by atoms with Gasteiger partial charge in [0, 0.05) is 17.9 Å². The number of ketones is 1. The van der Waals surface area contributed by atoms with Crippen LogP contribution in [-0.2, 0) is 11.2 Å². The second kappa shape index (κ2) is 6.21. The van der Waals surface area contributed by atoms with Crippen molar-refractivity contribution in [2.45, 2.75) is 18.8 Å². The van der Waals surface area contributed by atoms with E-state index in [9.17, 15) is 10.1 Å². The van der Waals surface area contributed by atoms with Gasteiger partial charge in [-0.15, -0.1) is 0 Å². The number of nitriles is 1. The molecule has 4 heteroatoms. The third-order valence-electron chi connectivity index (χ3n) is 2.87. The number of aryl methyl sites for hydroxylation is 1. The Balaban J connectivity index is 2.08. The lowest BCUT2D eigenvalue weighted by Crippen LogP contribution is -2.12. The second-order valence-electron chi connectivity index (χ2n) is 4.13. The number of carbonyl (C=O) groups is 1. The van der Waals surface area contributed by atoms with Crippen molar-refractivity contribution in [1.29, 1.82) is 5.26 Å². The fraction of sp³-hybridized carbons (Fsp3) is 0.200. The van der Waals surface area contributed by atoms with Gasteiger partial charge >= 0.3 is 0 Å². The maximum atomic E-state index is 12.1. The van der Waals surface area contributed by atoms with Crippen LogP contribution in [0.25, 0.3) is 0 Å². The van der Waals surface area contributed by atoms with E-state index in [1.54, 1.807) is 36.6 Å². The lowest BCUT2D eigenvalue weighted by Gasteiger charge is -2.09. The maximum Gasteiger partial charge on any atom is 0.154 e. The summed E-state index contributed by atoms with van der Waals surface area (Å²) in [5, 5.41) is 9.62. The Hall–Kier alpha value is -2.05. The van der Waals surface area contributed by atoms with Crippen molar-refractivity contribution >= 4 is 17.4 Å². The Labute approximate surface area is 116 Å². The molecule has 0 aliphatic heterocycles. The van der Waals surface area contributed by atoms with Gasteiger partial charge in [0.2, 0.25) is 0 Å². The number of rotatable bonds is 5. The molecule has 0 radical (unpaired) electrons. The number of nitrogens with zero attached hydrogens (tertiary/aromatic N) is 1. The summed E-state index contributed by atoms with van der Waals surface area (Å²) in [4.78, 5) is 12.1. The van der Waals surface area contributed by atoms with Crippen molar-refractivity contribution in [2.24, 2.45) is 0 Å². The summed E-state index contributed by atoms with van der Waals surface area (Å²) in [6, 6.07) is 12.5. The van der Waals surface area contributed by atoms with Crippen molar-refractivity contribution in [2.75, 3.05) is 0 Å². The fourth-order valence-electron chi connectivity index (χ4n) is 1.87. The second-order valence-corrected chi connectivity index (χ2v) is 4.54. The molecule has 19 heavy (non-hydrogen) atoms. The van der Waals surface area contributed by atoms with Crippen molar-refractivity contribution in [3.05, 3.63) is 59.0 Å². The molecule has 3 nitrogen and oxygen atoms in total. The smallest absolute Gasteiger partial charge is 0.154 e. The molecule has 2 rings (SSSR count). The van der Waals surface area contributed by atoms with Gasteiger partial charge in [0.15, 0.2) is 5.78 Å². The molecule has 0 spiro atoms. The van der Waals surface area contributed by atoms with Crippen molar-refractivity contribution in [3.63, 3.8) is 0 Å². The first kappa shape index (κ1) is 13.4. The van der Waals surface area contributed by atoms with Gasteiger partial charge in [-0.2, -0.15) is 5.26 Å². The third kappa shape index (κ3) is 3.24. The van der Waals surface area contributed by atoms with Gasteiger partial charge in [-0.05, 0) is 23.8 Å². The Kier molecular flexibility index (Phi) is 4.38. The average molecular weight is 274 g/mol. The minimum atomic E-state index is -0.816. The van der Waals surface area contributed by atoms with E-state index >= 15 is 0 Å². The zero-order valence-corrected chi connectivity index (χ0v) is 10.9. The van der Waals surface area contributed by atoms with Gasteiger partial charge in [0.25, 0.3) is 0 Å². The van der Waals surface area contributed by atoms with Crippen LogP contribution in [0.3, 0.4) is 0 Å². The van der Waals surface area contributed by atoms with Crippen molar-refractivity contribution in [3.8, 4) is 6.07 Å². The zero-order chi connectivity index (χ0) is 13.7. The molecular formula is C15H12ClNO2. The molecular weight excluding hydrogens is 262 g/mol. The van der Waals surface area contributed by atoms with Crippen LogP contribution in [0.5, 0.6) is 0 Å². The van der Waals surface area contributed by atoms with Crippen LogP contribution in [0.1, 0.15) is 23.7 Å². The van der Waals surface area contributed by atoms with E-state index in [4.69, 9.17) is 16.0 Å². The summed E-state index contributed by atoms with van der Waals surface area (Å²) in [6.45, 7) is 0. The van der Waals surface area contributed by atoms with Crippen LogP contribution in [0.15, 0.2) is 47.1 Å². The van der Waals surface area contributed by atoms with Crippen molar-refractivity contribution < 1.29 is 9.21 Å². The van der Waals surface area contributed by atoms with Crippen molar-refractivity contribution in [1.82, 2.24) is 0 Å². The lowest BCUT2D eigenvalue weighted by atomic mass is 9.93. The predicted molar refractivity (Wildman–Crippen MR) is 71.8 cm³/mol. The molecule has 0 N–H and O–H groups in total. The monoisotopic (exact) mass is 273 g/mol. The lowest BCUT2D eigenvalue weighted by molar-refractivity contribution is -0.119. The van der Waals surface area contributed by atoms with Crippen LogP contribution in [0.4, 0.5) is 0 Å². The number of Topliss-reactive ketones (excluding diaryl/α,β-unsaturated/α-hetero) is 1. The first-order valence-electron chi connectivity index (χ1n) is 5.91. The Morgan fingerprint density at radius 2 is 2.11 bits per heavy atom. The molecule has 0 amide bonds. The van der Waals surface area contributed by atoms with E-state index in [2.05, 4.69) is 0 Å². The van der Waals surface area contributed by atoms with E-state index in [1.165, 1.54) is 0 Å². The first-order valence-corrected chi connectivity index (χ1v) is 6.29. The Morgan fingerprint density at radius 1 is 1.32 bits per heavy atom. The standard InChI is InChI=1S/C15H12ClNO2/c16-14-6-2-1-5-12(14)13(10-17)15(18)8-7-11-4-3-9-19-11/h1-6,9,13H,7-8H2. The summed E-state index contributed by atoms with van der Waals surface area (Å²) in [6.07, 6.45) is 2.32. The molecule has 0 fully saturated rings.